The van der Waals surface area contributed by atoms with Gasteiger partial charge in [-0.15, -0.1) is 0 Å². The number of nitrogens with zero attached hydrogens (tertiary/aromatic N) is 3. The fourth-order valence-corrected chi connectivity index (χ4v) is 3.26. The van der Waals surface area contributed by atoms with E-state index in [2.05, 4.69) is 15.0 Å². The molecule has 3 N–H and O–H groups in total. The Bertz CT molecular complexity index is 1180. The van der Waals surface area contributed by atoms with Crippen LogP contribution in [0, 0.1) is 0 Å². The van der Waals surface area contributed by atoms with Crippen molar-refractivity contribution in [2.75, 3.05) is 25.6 Å². The van der Waals surface area contributed by atoms with Crippen molar-refractivity contribution in [2.45, 2.75) is 19.4 Å². The molecule has 0 saturated carbocycles. The number of nitrogens with two attached hydrogens (primary N) is 1. The quantitative estimate of drug-likeness (QED) is 0.348. The van der Waals surface area contributed by atoms with Crippen molar-refractivity contribution in [3.63, 3.8) is 0 Å². The van der Waals surface area contributed by atoms with Crippen molar-refractivity contribution >= 4 is 17.1 Å². The number of aromatic amines is 1. The smallest absolute Gasteiger partial charge is 0.278 e. The van der Waals surface area contributed by atoms with Gasteiger partial charge in [0.25, 0.3) is 5.56 Å². The lowest BCUT2D eigenvalue weighted by molar-refractivity contribution is -0.0769. The van der Waals surface area contributed by atoms with E-state index in [4.69, 9.17) is 19.9 Å². The molecular weight excluding hydrogens is 410 g/mol. The molecule has 9 heteroatoms. The van der Waals surface area contributed by atoms with E-state index in [1.807, 2.05) is 60.7 Å². The van der Waals surface area contributed by atoms with Crippen LogP contribution in [0.3, 0.4) is 0 Å². The van der Waals surface area contributed by atoms with Gasteiger partial charge in [0, 0.05) is 0 Å². The first-order chi connectivity index (χ1) is 15.7. The summed E-state index contributed by atoms with van der Waals surface area (Å²) < 4.78 is 19.2. The number of benzene rings is 2. The SMILES string of the molecule is Nc1nc2ncn(C(COCc3ccccc3)OCCOCc3ccccc3)c2c(=O)[nH]1. The van der Waals surface area contributed by atoms with Gasteiger partial charge in [0.2, 0.25) is 5.95 Å². The van der Waals surface area contributed by atoms with Crippen LogP contribution in [-0.4, -0.2) is 39.3 Å². The number of rotatable bonds is 11. The van der Waals surface area contributed by atoms with E-state index in [-0.39, 0.29) is 29.3 Å². The van der Waals surface area contributed by atoms with Crippen LogP contribution in [0.25, 0.3) is 11.2 Å². The number of nitrogen functional groups attached to an aromatic ring is 1. The Hall–Kier alpha value is -3.53. The van der Waals surface area contributed by atoms with Crippen molar-refractivity contribution in [3.8, 4) is 0 Å². The molecule has 9 nitrogen and oxygen atoms in total. The Morgan fingerprint density at radius 3 is 2.28 bits per heavy atom. The topological polar surface area (TPSA) is 117 Å². The van der Waals surface area contributed by atoms with Gasteiger partial charge in [-0.1, -0.05) is 60.7 Å². The molecule has 4 rings (SSSR count). The third-order valence-corrected chi connectivity index (χ3v) is 4.79. The van der Waals surface area contributed by atoms with Crippen LogP contribution in [0.4, 0.5) is 5.95 Å². The number of nitrogens with one attached hydrogen (secondary N) is 1. The summed E-state index contributed by atoms with van der Waals surface area (Å²) >= 11 is 0. The molecule has 0 fully saturated rings. The second-order valence-electron chi connectivity index (χ2n) is 7.14. The first kappa shape index (κ1) is 21.7. The summed E-state index contributed by atoms with van der Waals surface area (Å²) in [5.41, 5.74) is 7.90. The Labute approximate surface area is 184 Å². The van der Waals surface area contributed by atoms with Crippen molar-refractivity contribution < 1.29 is 14.2 Å². The monoisotopic (exact) mass is 435 g/mol. The van der Waals surface area contributed by atoms with E-state index < -0.39 is 6.23 Å². The molecule has 0 amide bonds. The molecule has 0 aliphatic heterocycles. The van der Waals surface area contributed by atoms with E-state index >= 15 is 0 Å². The van der Waals surface area contributed by atoms with E-state index in [0.717, 1.165) is 11.1 Å². The van der Waals surface area contributed by atoms with Crippen LogP contribution >= 0.6 is 0 Å². The lowest BCUT2D eigenvalue weighted by atomic mass is 10.2. The predicted molar refractivity (Wildman–Crippen MR) is 120 cm³/mol. The highest BCUT2D eigenvalue weighted by Gasteiger charge is 2.19. The van der Waals surface area contributed by atoms with Crippen LogP contribution in [0.1, 0.15) is 17.4 Å². The van der Waals surface area contributed by atoms with Gasteiger partial charge in [0.1, 0.15) is 6.33 Å². The van der Waals surface area contributed by atoms with Gasteiger partial charge in [-0.2, -0.15) is 4.98 Å². The van der Waals surface area contributed by atoms with Gasteiger partial charge in [-0.3, -0.25) is 14.3 Å². The largest absolute Gasteiger partial charge is 0.374 e. The third kappa shape index (κ3) is 5.58. The molecule has 0 aliphatic carbocycles. The van der Waals surface area contributed by atoms with Crippen molar-refractivity contribution in [2.24, 2.45) is 0 Å². The zero-order valence-corrected chi connectivity index (χ0v) is 17.5. The zero-order valence-electron chi connectivity index (χ0n) is 17.5. The first-order valence-corrected chi connectivity index (χ1v) is 10.3. The van der Waals surface area contributed by atoms with Crippen LogP contribution in [0.15, 0.2) is 71.8 Å². The molecular formula is C23H25N5O4. The highest BCUT2D eigenvalue weighted by molar-refractivity contribution is 5.70. The standard InChI is InChI=1S/C23H25N5O4/c24-23-26-21-20(22(29)27-23)28(16-25-21)19(15-31-14-18-9-5-2-6-10-18)32-12-11-30-13-17-7-3-1-4-8-17/h1-10,16,19H,11-15H2,(H3,24,26,27,29). The Balaban J connectivity index is 1.41. The van der Waals surface area contributed by atoms with Crippen LogP contribution in [-0.2, 0) is 27.4 Å². The first-order valence-electron chi connectivity index (χ1n) is 10.3. The maximum absolute atomic E-state index is 12.5. The van der Waals surface area contributed by atoms with Crippen LogP contribution in [0.5, 0.6) is 0 Å². The Morgan fingerprint density at radius 1 is 0.938 bits per heavy atom. The normalized spacial score (nSPS) is 12.2. The van der Waals surface area contributed by atoms with Gasteiger partial charge >= 0.3 is 0 Å². The second kappa shape index (κ2) is 10.7. The van der Waals surface area contributed by atoms with Crippen molar-refractivity contribution in [3.05, 3.63) is 88.5 Å². The number of anilines is 1. The average molecular weight is 435 g/mol. The van der Waals surface area contributed by atoms with Crippen LogP contribution < -0.4 is 11.3 Å². The van der Waals surface area contributed by atoms with Gasteiger partial charge < -0.3 is 19.9 Å². The molecule has 166 valence electrons. The molecule has 0 spiro atoms. The second-order valence-corrected chi connectivity index (χ2v) is 7.14. The lowest BCUT2D eigenvalue weighted by Gasteiger charge is -2.20. The fraction of sp³-hybridized carbons (Fsp3) is 0.261. The van der Waals surface area contributed by atoms with E-state index in [0.29, 0.717) is 26.4 Å². The summed E-state index contributed by atoms with van der Waals surface area (Å²) in [4.78, 5) is 23.2. The Kier molecular flexibility index (Phi) is 7.23. The third-order valence-electron chi connectivity index (χ3n) is 4.79. The highest BCUT2D eigenvalue weighted by atomic mass is 16.6. The summed E-state index contributed by atoms with van der Waals surface area (Å²) in [6, 6.07) is 19.7. The lowest BCUT2D eigenvalue weighted by Crippen LogP contribution is -2.23. The van der Waals surface area contributed by atoms with Gasteiger partial charge in [0.05, 0.1) is 33.0 Å². The van der Waals surface area contributed by atoms with Crippen LogP contribution in [0.2, 0.25) is 0 Å². The summed E-state index contributed by atoms with van der Waals surface area (Å²) in [5.74, 6) is 0.0138. The Morgan fingerprint density at radius 2 is 1.59 bits per heavy atom. The summed E-state index contributed by atoms with van der Waals surface area (Å²) in [6.07, 6.45) is 0.920. The molecule has 1 unspecified atom stereocenters. The minimum atomic E-state index is -0.587. The fourth-order valence-electron chi connectivity index (χ4n) is 3.26. The number of aromatic nitrogens is 4. The zero-order chi connectivity index (χ0) is 22.2. The molecule has 1 atom stereocenters. The number of hydrogen-bond donors (Lipinski definition) is 2. The molecule has 2 aromatic carbocycles. The number of fused-ring (bicyclic) bond motifs is 1. The number of imidazole rings is 1. The predicted octanol–water partition coefficient (Wildman–Crippen LogP) is 2.65. The minimum Gasteiger partial charge on any atom is -0.374 e. The van der Waals surface area contributed by atoms with Gasteiger partial charge in [-0.25, -0.2) is 4.98 Å². The van der Waals surface area contributed by atoms with E-state index in [1.165, 1.54) is 6.33 Å². The number of ether oxygens (including phenoxy) is 3. The molecule has 4 aromatic rings. The molecule has 0 radical (unpaired) electrons. The molecule has 32 heavy (non-hydrogen) atoms. The summed E-state index contributed by atoms with van der Waals surface area (Å²) in [7, 11) is 0. The highest BCUT2D eigenvalue weighted by Crippen LogP contribution is 2.17. The molecule has 0 aliphatic rings. The minimum absolute atomic E-state index is 0.0138. The van der Waals surface area contributed by atoms with Crippen molar-refractivity contribution in [1.29, 1.82) is 0 Å². The van der Waals surface area contributed by atoms with E-state index in [9.17, 15) is 4.79 Å². The molecule has 2 aromatic heterocycles. The van der Waals surface area contributed by atoms with Gasteiger partial charge in [-0.05, 0) is 11.1 Å². The molecule has 0 saturated heterocycles. The van der Waals surface area contributed by atoms with Gasteiger partial charge in [0.15, 0.2) is 17.4 Å². The summed E-state index contributed by atoms with van der Waals surface area (Å²) in [5, 5.41) is 0. The number of hydrogen-bond acceptors (Lipinski definition) is 7. The maximum Gasteiger partial charge on any atom is 0.278 e. The van der Waals surface area contributed by atoms with Crippen molar-refractivity contribution in [1.82, 2.24) is 19.5 Å². The van der Waals surface area contributed by atoms with E-state index in [1.54, 1.807) is 4.57 Å². The average Bonchev–Trinajstić information content (AvgIpc) is 3.23. The molecule has 0 bridgehead atoms. The summed E-state index contributed by atoms with van der Waals surface area (Å²) in [6.45, 7) is 1.82. The number of H-pyrrole nitrogens is 1. The maximum atomic E-state index is 12.5. The molecule has 2 heterocycles.